The van der Waals surface area contributed by atoms with Gasteiger partial charge in [0, 0.05) is 22.9 Å². The summed E-state index contributed by atoms with van der Waals surface area (Å²) < 4.78 is 16.7. The molecule has 130 valence electrons. The first-order chi connectivity index (χ1) is 12.0. The number of hydrogen-bond donors (Lipinski definition) is 1. The molecule has 6 heteroatoms. The molecule has 6 nitrogen and oxygen atoms in total. The van der Waals surface area contributed by atoms with Crippen molar-refractivity contribution in [2.75, 3.05) is 20.3 Å². The van der Waals surface area contributed by atoms with Crippen molar-refractivity contribution in [2.24, 2.45) is 0 Å². The number of methoxy groups -OCH3 is 1. The lowest BCUT2D eigenvalue weighted by Gasteiger charge is -2.34. The molecule has 4 heterocycles. The molecule has 0 saturated carbocycles. The second-order valence-corrected chi connectivity index (χ2v) is 6.66. The van der Waals surface area contributed by atoms with Crippen LogP contribution in [0, 0.1) is 0 Å². The molecule has 0 aliphatic carbocycles. The minimum absolute atomic E-state index is 0.386. The number of ether oxygens (including phenoxy) is 3. The molecule has 1 N–H and O–H groups in total. The SMILES string of the molecule is COC(=O)c1[nH]c2c(c1C1=CCOCC1)C(C)(C)Oc1cnccc1-2. The second-order valence-electron chi connectivity index (χ2n) is 6.66. The van der Waals surface area contributed by atoms with Gasteiger partial charge >= 0.3 is 5.97 Å². The zero-order valence-corrected chi connectivity index (χ0v) is 14.5. The van der Waals surface area contributed by atoms with Gasteiger partial charge in [0.25, 0.3) is 0 Å². The zero-order chi connectivity index (χ0) is 17.6. The van der Waals surface area contributed by atoms with Crippen molar-refractivity contribution in [1.82, 2.24) is 9.97 Å². The summed E-state index contributed by atoms with van der Waals surface area (Å²) in [6.45, 7) is 5.17. The number of aromatic amines is 1. The van der Waals surface area contributed by atoms with Crippen molar-refractivity contribution < 1.29 is 19.0 Å². The minimum Gasteiger partial charge on any atom is -0.481 e. The van der Waals surface area contributed by atoms with Gasteiger partial charge in [0.2, 0.25) is 0 Å². The van der Waals surface area contributed by atoms with Gasteiger partial charge in [-0.05, 0) is 31.9 Å². The van der Waals surface area contributed by atoms with Crippen LogP contribution >= 0.6 is 0 Å². The Balaban J connectivity index is 2.03. The lowest BCUT2D eigenvalue weighted by Crippen LogP contribution is -2.30. The fourth-order valence-electron chi connectivity index (χ4n) is 3.63. The molecule has 0 unspecified atom stereocenters. The third-order valence-corrected chi connectivity index (χ3v) is 4.69. The molecule has 2 aromatic heterocycles. The summed E-state index contributed by atoms with van der Waals surface area (Å²) in [7, 11) is 1.39. The van der Waals surface area contributed by atoms with Crippen LogP contribution in [0.3, 0.4) is 0 Å². The van der Waals surface area contributed by atoms with Crippen LogP contribution in [-0.4, -0.2) is 36.3 Å². The first-order valence-electron chi connectivity index (χ1n) is 8.28. The average Bonchev–Trinajstić information content (AvgIpc) is 3.03. The zero-order valence-electron chi connectivity index (χ0n) is 14.5. The minimum atomic E-state index is -0.609. The van der Waals surface area contributed by atoms with E-state index in [-0.39, 0.29) is 5.97 Å². The molecule has 2 aliphatic heterocycles. The van der Waals surface area contributed by atoms with E-state index in [1.165, 1.54) is 7.11 Å². The molecule has 0 radical (unpaired) electrons. The van der Waals surface area contributed by atoms with Gasteiger partial charge in [-0.25, -0.2) is 4.79 Å². The lowest BCUT2D eigenvalue weighted by molar-refractivity contribution is 0.0594. The first kappa shape index (κ1) is 15.9. The van der Waals surface area contributed by atoms with Crippen LogP contribution in [0.2, 0.25) is 0 Å². The highest BCUT2D eigenvalue weighted by Gasteiger charge is 2.40. The summed E-state index contributed by atoms with van der Waals surface area (Å²) in [6.07, 6.45) is 6.19. The van der Waals surface area contributed by atoms with E-state index in [1.54, 1.807) is 12.4 Å². The molecular weight excluding hydrogens is 320 g/mol. The number of esters is 1. The summed E-state index contributed by atoms with van der Waals surface area (Å²) >= 11 is 0. The maximum absolute atomic E-state index is 12.5. The quantitative estimate of drug-likeness (QED) is 0.849. The van der Waals surface area contributed by atoms with Crippen LogP contribution in [-0.2, 0) is 15.1 Å². The van der Waals surface area contributed by atoms with Crippen LogP contribution in [0.5, 0.6) is 5.75 Å². The van der Waals surface area contributed by atoms with Crippen molar-refractivity contribution in [3.63, 3.8) is 0 Å². The number of rotatable bonds is 2. The molecule has 0 spiro atoms. The van der Waals surface area contributed by atoms with E-state index in [9.17, 15) is 4.79 Å². The predicted molar refractivity (Wildman–Crippen MR) is 92.4 cm³/mol. The van der Waals surface area contributed by atoms with Crippen molar-refractivity contribution >= 4 is 11.5 Å². The van der Waals surface area contributed by atoms with E-state index in [2.05, 4.69) is 9.97 Å². The molecule has 0 saturated heterocycles. The Morgan fingerprint density at radius 2 is 2.24 bits per heavy atom. The Morgan fingerprint density at radius 1 is 1.40 bits per heavy atom. The van der Waals surface area contributed by atoms with Crippen molar-refractivity contribution in [3.8, 4) is 17.0 Å². The Hall–Kier alpha value is -2.60. The average molecular weight is 340 g/mol. The van der Waals surface area contributed by atoms with Crippen LogP contribution in [0.25, 0.3) is 16.8 Å². The normalized spacial score (nSPS) is 17.8. The number of carbonyl (C=O) groups excluding carboxylic acids is 1. The number of aromatic nitrogens is 2. The Kier molecular flexibility index (Phi) is 3.65. The molecule has 0 amide bonds. The monoisotopic (exact) mass is 340 g/mol. The van der Waals surface area contributed by atoms with Gasteiger partial charge in [0.1, 0.15) is 17.0 Å². The molecule has 0 aromatic carbocycles. The molecular formula is C19H20N2O4. The maximum Gasteiger partial charge on any atom is 0.355 e. The summed E-state index contributed by atoms with van der Waals surface area (Å²) in [5, 5.41) is 0. The Morgan fingerprint density at radius 3 is 2.96 bits per heavy atom. The van der Waals surface area contributed by atoms with E-state index >= 15 is 0 Å². The molecule has 2 aliphatic rings. The van der Waals surface area contributed by atoms with Gasteiger partial charge in [-0.3, -0.25) is 4.98 Å². The molecule has 0 atom stereocenters. The largest absolute Gasteiger partial charge is 0.481 e. The molecule has 25 heavy (non-hydrogen) atoms. The molecule has 2 aromatic rings. The van der Waals surface area contributed by atoms with Gasteiger partial charge in [-0.15, -0.1) is 0 Å². The Bertz CT molecular complexity index is 880. The topological polar surface area (TPSA) is 73.4 Å². The van der Waals surface area contributed by atoms with Gasteiger partial charge in [-0.2, -0.15) is 0 Å². The lowest BCUT2D eigenvalue weighted by atomic mass is 9.84. The van der Waals surface area contributed by atoms with Gasteiger partial charge in [0.15, 0.2) is 0 Å². The van der Waals surface area contributed by atoms with E-state index in [1.807, 2.05) is 26.0 Å². The number of nitrogens with one attached hydrogen (secondary N) is 1. The summed E-state index contributed by atoms with van der Waals surface area (Å²) in [5.74, 6) is 0.313. The van der Waals surface area contributed by atoms with Crippen LogP contribution in [0.4, 0.5) is 0 Å². The number of fused-ring (bicyclic) bond motifs is 3. The predicted octanol–water partition coefficient (Wildman–Crippen LogP) is 3.29. The Labute approximate surface area is 145 Å². The molecule has 0 fully saturated rings. The van der Waals surface area contributed by atoms with E-state index in [0.717, 1.165) is 34.4 Å². The number of carbonyl (C=O) groups is 1. The molecule has 0 bridgehead atoms. The third kappa shape index (κ3) is 2.44. The fourth-order valence-corrected chi connectivity index (χ4v) is 3.63. The smallest absolute Gasteiger partial charge is 0.355 e. The van der Waals surface area contributed by atoms with Crippen molar-refractivity contribution in [2.45, 2.75) is 25.9 Å². The van der Waals surface area contributed by atoms with Crippen LogP contribution < -0.4 is 4.74 Å². The van der Waals surface area contributed by atoms with Gasteiger partial charge in [-0.1, -0.05) is 6.08 Å². The molecule has 4 rings (SSSR count). The standard InChI is InChI=1S/C19H20N2O4/c1-19(2)15-14(11-5-8-24-9-6-11)17(18(22)23-3)21-16(15)12-4-7-20-10-13(12)25-19/h4-5,7,10,21H,6,8-9H2,1-3H3. The third-order valence-electron chi connectivity index (χ3n) is 4.69. The summed E-state index contributed by atoms with van der Waals surface area (Å²) in [4.78, 5) is 19.9. The highest BCUT2D eigenvalue weighted by molar-refractivity contribution is 5.98. The number of hydrogen-bond acceptors (Lipinski definition) is 5. The summed E-state index contributed by atoms with van der Waals surface area (Å²) in [5.41, 5.74) is 4.56. The van der Waals surface area contributed by atoms with Gasteiger partial charge < -0.3 is 19.2 Å². The van der Waals surface area contributed by atoms with Crippen LogP contribution in [0.15, 0.2) is 24.5 Å². The van der Waals surface area contributed by atoms with E-state index in [0.29, 0.717) is 24.7 Å². The first-order valence-corrected chi connectivity index (χ1v) is 8.28. The van der Waals surface area contributed by atoms with Crippen LogP contribution in [0.1, 0.15) is 41.9 Å². The second kappa shape index (κ2) is 5.74. The number of pyridine rings is 1. The fraction of sp³-hybridized carbons (Fsp3) is 0.368. The maximum atomic E-state index is 12.5. The van der Waals surface area contributed by atoms with Gasteiger partial charge in [0.05, 0.1) is 32.2 Å². The van der Waals surface area contributed by atoms with Crippen molar-refractivity contribution in [1.29, 1.82) is 0 Å². The number of H-pyrrole nitrogens is 1. The highest BCUT2D eigenvalue weighted by Crippen LogP contribution is 2.48. The highest BCUT2D eigenvalue weighted by atomic mass is 16.5. The summed E-state index contributed by atoms with van der Waals surface area (Å²) in [6, 6.07) is 1.89. The van der Waals surface area contributed by atoms with Crippen molar-refractivity contribution in [3.05, 3.63) is 41.4 Å². The van der Waals surface area contributed by atoms with E-state index in [4.69, 9.17) is 14.2 Å². The van der Waals surface area contributed by atoms with E-state index < -0.39 is 5.60 Å². The number of nitrogens with zero attached hydrogens (tertiary/aromatic N) is 1.